The van der Waals surface area contributed by atoms with E-state index in [0.29, 0.717) is 25.3 Å². The van der Waals surface area contributed by atoms with Crippen LogP contribution in [0.25, 0.3) is 0 Å². The number of sulfone groups is 1. The molecule has 0 spiro atoms. The van der Waals surface area contributed by atoms with Crippen LogP contribution in [-0.4, -0.2) is 56.0 Å². The number of nitrogens with zero attached hydrogens (tertiary/aromatic N) is 1. The van der Waals surface area contributed by atoms with Gasteiger partial charge in [0.2, 0.25) is 0 Å². The minimum Gasteiger partial charge on any atom is -0.466 e. The van der Waals surface area contributed by atoms with Crippen LogP contribution < -0.4 is 5.32 Å². The van der Waals surface area contributed by atoms with Crippen molar-refractivity contribution in [2.45, 2.75) is 32.7 Å². The van der Waals surface area contributed by atoms with Crippen LogP contribution in [0.4, 0.5) is 10.5 Å². The third-order valence-corrected chi connectivity index (χ3v) is 5.86. The molecule has 25 heavy (non-hydrogen) atoms. The minimum absolute atomic E-state index is 0.0206. The van der Waals surface area contributed by atoms with E-state index in [0.717, 1.165) is 5.56 Å². The first-order chi connectivity index (χ1) is 11.8. The third kappa shape index (κ3) is 5.45. The summed E-state index contributed by atoms with van der Waals surface area (Å²) in [5, 5.41) is 2.78. The summed E-state index contributed by atoms with van der Waals surface area (Å²) in [7, 11) is -3.04. The molecule has 0 aliphatic carbocycles. The van der Waals surface area contributed by atoms with Gasteiger partial charge in [-0.3, -0.25) is 4.79 Å². The Morgan fingerprint density at radius 2 is 1.92 bits per heavy atom. The van der Waals surface area contributed by atoms with Gasteiger partial charge in [-0.1, -0.05) is 12.1 Å². The molecule has 0 aromatic heterocycles. The zero-order valence-corrected chi connectivity index (χ0v) is 15.3. The Hall–Kier alpha value is -2.09. The summed E-state index contributed by atoms with van der Waals surface area (Å²) in [6.45, 7) is 4.36. The van der Waals surface area contributed by atoms with Crippen LogP contribution in [0.2, 0.25) is 0 Å². The normalized spacial score (nSPS) is 18.6. The Balaban J connectivity index is 1.96. The van der Waals surface area contributed by atoms with Crippen molar-refractivity contribution in [2.75, 3.05) is 30.0 Å². The number of carbonyl (C=O) groups is 2. The summed E-state index contributed by atoms with van der Waals surface area (Å²) in [6, 6.07) is 6.34. The van der Waals surface area contributed by atoms with E-state index in [9.17, 15) is 18.0 Å². The van der Waals surface area contributed by atoms with E-state index in [1.54, 1.807) is 36.1 Å². The highest BCUT2D eigenvalue weighted by molar-refractivity contribution is 7.91. The maximum atomic E-state index is 12.4. The second kappa shape index (κ2) is 8.33. The van der Waals surface area contributed by atoms with Crippen LogP contribution in [-0.2, 0) is 25.8 Å². The molecule has 1 atom stereocenters. The fourth-order valence-electron chi connectivity index (χ4n) is 2.87. The van der Waals surface area contributed by atoms with Gasteiger partial charge >= 0.3 is 12.0 Å². The monoisotopic (exact) mass is 368 g/mol. The van der Waals surface area contributed by atoms with Gasteiger partial charge in [0.15, 0.2) is 9.84 Å². The lowest BCUT2D eigenvalue weighted by Crippen LogP contribution is -2.43. The number of urea groups is 1. The Labute approximate surface area is 148 Å². The molecule has 1 aliphatic rings. The molecule has 1 saturated heterocycles. The van der Waals surface area contributed by atoms with Gasteiger partial charge in [-0.05, 0) is 38.0 Å². The lowest BCUT2D eigenvalue weighted by molar-refractivity contribution is -0.142. The fraction of sp³-hybridized carbons (Fsp3) is 0.529. The average molecular weight is 368 g/mol. The highest BCUT2D eigenvalue weighted by Gasteiger charge is 2.33. The van der Waals surface area contributed by atoms with E-state index in [1.807, 2.05) is 6.92 Å². The molecular formula is C17H24N2O5S. The van der Waals surface area contributed by atoms with Gasteiger partial charge in [0.25, 0.3) is 0 Å². The molecular weight excluding hydrogens is 344 g/mol. The molecule has 1 aromatic carbocycles. The van der Waals surface area contributed by atoms with Crippen molar-refractivity contribution >= 4 is 27.5 Å². The molecule has 0 bridgehead atoms. The standard InChI is InChI=1S/C17H24N2O5S/c1-3-19(15-9-10-25(22,23)12-15)17(21)18-14-7-5-13(6-8-14)11-16(20)24-4-2/h5-8,15H,3-4,9-12H2,1-2H3,(H,18,21)/t15-/m0/s1. The van der Waals surface area contributed by atoms with Crippen LogP contribution >= 0.6 is 0 Å². The van der Waals surface area contributed by atoms with Gasteiger partial charge in [-0.2, -0.15) is 0 Å². The largest absolute Gasteiger partial charge is 0.466 e. The predicted octanol–water partition coefficient (Wildman–Crippen LogP) is 1.83. The van der Waals surface area contributed by atoms with Crippen molar-refractivity contribution in [3.05, 3.63) is 29.8 Å². The minimum atomic E-state index is -3.04. The van der Waals surface area contributed by atoms with E-state index >= 15 is 0 Å². The fourth-order valence-corrected chi connectivity index (χ4v) is 4.60. The van der Waals surface area contributed by atoms with Gasteiger partial charge in [-0.25, -0.2) is 13.2 Å². The van der Waals surface area contributed by atoms with Crippen LogP contribution in [0.3, 0.4) is 0 Å². The Morgan fingerprint density at radius 3 is 2.44 bits per heavy atom. The molecule has 138 valence electrons. The van der Waals surface area contributed by atoms with Crippen LogP contribution in [0.15, 0.2) is 24.3 Å². The van der Waals surface area contributed by atoms with E-state index in [-0.39, 0.29) is 36.0 Å². The first kappa shape index (κ1) is 19.2. The summed E-state index contributed by atoms with van der Waals surface area (Å²) < 4.78 is 28.1. The van der Waals surface area contributed by atoms with Crippen molar-refractivity contribution in [3.8, 4) is 0 Å². The van der Waals surface area contributed by atoms with E-state index in [4.69, 9.17) is 4.74 Å². The number of amides is 2. The second-order valence-electron chi connectivity index (χ2n) is 5.95. The zero-order valence-electron chi connectivity index (χ0n) is 14.5. The maximum absolute atomic E-state index is 12.4. The van der Waals surface area contributed by atoms with E-state index in [2.05, 4.69) is 5.32 Å². The molecule has 1 N–H and O–H groups in total. The first-order valence-electron chi connectivity index (χ1n) is 8.37. The van der Waals surface area contributed by atoms with E-state index < -0.39 is 9.84 Å². The summed E-state index contributed by atoms with van der Waals surface area (Å²) in [5.41, 5.74) is 1.39. The van der Waals surface area contributed by atoms with E-state index in [1.165, 1.54) is 0 Å². The second-order valence-corrected chi connectivity index (χ2v) is 8.18. The molecule has 2 amide bonds. The molecule has 1 heterocycles. The maximum Gasteiger partial charge on any atom is 0.322 e. The van der Waals surface area contributed by atoms with Crippen molar-refractivity contribution in [1.82, 2.24) is 4.90 Å². The quantitative estimate of drug-likeness (QED) is 0.774. The summed E-state index contributed by atoms with van der Waals surface area (Å²) >= 11 is 0. The zero-order chi connectivity index (χ0) is 18.4. The highest BCUT2D eigenvalue weighted by Crippen LogP contribution is 2.19. The van der Waals surface area contributed by atoms with Crippen molar-refractivity contribution in [2.24, 2.45) is 0 Å². The average Bonchev–Trinajstić information content (AvgIpc) is 2.90. The lowest BCUT2D eigenvalue weighted by Gasteiger charge is -2.27. The summed E-state index contributed by atoms with van der Waals surface area (Å²) in [6.07, 6.45) is 0.658. The Kier molecular flexibility index (Phi) is 6.41. The molecule has 2 rings (SSSR count). The summed E-state index contributed by atoms with van der Waals surface area (Å²) in [5.74, 6) is -0.143. The molecule has 1 aromatic rings. The molecule has 0 radical (unpaired) electrons. The van der Waals surface area contributed by atoms with Gasteiger partial charge in [0, 0.05) is 18.3 Å². The molecule has 7 nitrogen and oxygen atoms in total. The topological polar surface area (TPSA) is 92.8 Å². The Bertz CT molecular complexity index is 715. The number of ether oxygens (including phenoxy) is 1. The number of benzene rings is 1. The van der Waals surface area contributed by atoms with Crippen molar-refractivity contribution in [1.29, 1.82) is 0 Å². The number of anilines is 1. The van der Waals surface area contributed by atoms with Gasteiger partial charge in [0.1, 0.15) is 0 Å². The molecule has 0 saturated carbocycles. The predicted molar refractivity (Wildman–Crippen MR) is 95.2 cm³/mol. The van der Waals surface area contributed by atoms with Gasteiger partial charge in [0.05, 0.1) is 24.5 Å². The lowest BCUT2D eigenvalue weighted by atomic mass is 10.1. The molecule has 8 heteroatoms. The van der Waals surface area contributed by atoms with Gasteiger partial charge < -0.3 is 15.0 Å². The number of hydrogen-bond donors (Lipinski definition) is 1. The third-order valence-electron chi connectivity index (χ3n) is 4.11. The molecule has 0 unspecified atom stereocenters. The Morgan fingerprint density at radius 1 is 1.24 bits per heavy atom. The number of nitrogens with one attached hydrogen (secondary N) is 1. The molecule has 1 aliphatic heterocycles. The van der Waals surface area contributed by atoms with Crippen LogP contribution in [0, 0.1) is 0 Å². The highest BCUT2D eigenvalue weighted by atomic mass is 32.2. The summed E-state index contributed by atoms with van der Waals surface area (Å²) in [4.78, 5) is 25.4. The number of carbonyl (C=O) groups excluding carboxylic acids is 2. The van der Waals surface area contributed by atoms with Gasteiger partial charge in [-0.15, -0.1) is 0 Å². The SMILES string of the molecule is CCOC(=O)Cc1ccc(NC(=O)N(CC)[C@H]2CCS(=O)(=O)C2)cc1. The van der Waals surface area contributed by atoms with Crippen LogP contribution in [0.5, 0.6) is 0 Å². The van der Waals surface area contributed by atoms with Crippen LogP contribution in [0.1, 0.15) is 25.8 Å². The van der Waals surface area contributed by atoms with Crippen molar-refractivity contribution in [3.63, 3.8) is 0 Å². The smallest absolute Gasteiger partial charge is 0.322 e. The number of rotatable bonds is 6. The number of hydrogen-bond acceptors (Lipinski definition) is 5. The first-order valence-corrected chi connectivity index (χ1v) is 10.2. The number of esters is 1. The van der Waals surface area contributed by atoms with Crippen molar-refractivity contribution < 1.29 is 22.7 Å². The molecule has 1 fully saturated rings.